The lowest BCUT2D eigenvalue weighted by Crippen LogP contribution is -1.87. The van der Waals surface area contributed by atoms with Crippen LogP contribution in [0.4, 0.5) is 0 Å². The monoisotopic (exact) mass is 245 g/mol. The molecule has 0 aliphatic carbocycles. The van der Waals surface area contributed by atoms with Crippen molar-refractivity contribution in [3.8, 4) is 22.4 Å². The lowest BCUT2D eigenvalue weighted by Gasteiger charge is -2.06. The Kier molecular flexibility index (Phi) is 3.11. The van der Waals surface area contributed by atoms with Gasteiger partial charge in [-0.15, -0.1) is 0 Å². The molecule has 1 heterocycles. The topological polar surface area (TPSA) is 12.9 Å². The molecular weight excluding hydrogens is 230 g/mol. The third kappa shape index (κ3) is 2.41. The summed E-state index contributed by atoms with van der Waals surface area (Å²) in [6.45, 7) is 2.11. The zero-order chi connectivity index (χ0) is 13.1. The third-order valence-electron chi connectivity index (χ3n) is 3.29. The van der Waals surface area contributed by atoms with Crippen LogP contribution in [0.25, 0.3) is 22.4 Å². The van der Waals surface area contributed by atoms with Gasteiger partial charge in [0.2, 0.25) is 0 Å². The van der Waals surface area contributed by atoms with Gasteiger partial charge in [-0.1, -0.05) is 60.7 Å². The van der Waals surface area contributed by atoms with Gasteiger partial charge in [0.05, 0.1) is 5.69 Å². The fraction of sp³-hybridized carbons (Fsp3) is 0.0556. The second-order valence-corrected chi connectivity index (χ2v) is 4.61. The predicted octanol–water partition coefficient (Wildman–Crippen LogP) is 4.72. The molecule has 0 aliphatic heterocycles. The van der Waals surface area contributed by atoms with Crippen LogP contribution in [0.2, 0.25) is 0 Å². The summed E-state index contributed by atoms with van der Waals surface area (Å²) < 4.78 is 0. The van der Waals surface area contributed by atoms with Crippen molar-refractivity contribution >= 4 is 0 Å². The van der Waals surface area contributed by atoms with Gasteiger partial charge in [0, 0.05) is 17.3 Å². The average molecular weight is 245 g/mol. The molecule has 3 rings (SSSR count). The zero-order valence-electron chi connectivity index (χ0n) is 10.9. The molecule has 92 valence electrons. The molecule has 0 N–H and O–H groups in total. The van der Waals surface area contributed by atoms with Crippen LogP contribution in [-0.2, 0) is 0 Å². The van der Waals surface area contributed by atoms with Crippen LogP contribution >= 0.6 is 0 Å². The highest BCUT2D eigenvalue weighted by Gasteiger charge is 2.03. The van der Waals surface area contributed by atoms with E-state index in [4.69, 9.17) is 0 Å². The van der Waals surface area contributed by atoms with Crippen LogP contribution in [0.3, 0.4) is 0 Å². The van der Waals surface area contributed by atoms with E-state index in [2.05, 4.69) is 60.4 Å². The molecule has 0 saturated heterocycles. The minimum absolute atomic E-state index is 1.03. The summed E-state index contributed by atoms with van der Waals surface area (Å²) in [5.41, 5.74) is 5.83. The van der Waals surface area contributed by atoms with Crippen LogP contribution in [-0.4, -0.2) is 4.98 Å². The van der Waals surface area contributed by atoms with E-state index in [1.165, 1.54) is 16.7 Å². The normalized spacial score (nSPS) is 10.4. The standard InChI is InChI=1S/C18H15N/c1-14-7-5-6-10-17(14)18-12-11-16(13-19-18)15-8-3-2-4-9-15/h2-13H,1H3. The van der Waals surface area contributed by atoms with E-state index in [0.717, 1.165) is 11.3 Å². The van der Waals surface area contributed by atoms with Gasteiger partial charge < -0.3 is 0 Å². The van der Waals surface area contributed by atoms with Gasteiger partial charge in [-0.25, -0.2) is 0 Å². The van der Waals surface area contributed by atoms with E-state index in [1.807, 2.05) is 24.4 Å². The molecule has 0 saturated carbocycles. The van der Waals surface area contributed by atoms with Crippen LogP contribution < -0.4 is 0 Å². The number of nitrogens with zero attached hydrogens (tertiary/aromatic N) is 1. The van der Waals surface area contributed by atoms with Gasteiger partial charge in [0.25, 0.3) is 0 Å². The quantitative estimate of drug-likeness (QED) is 0.636. The molecular formula is C18H15N. The van der Waals surface area contributed by atoms with E-state index >= 15 is 0 Å². The van der Waals surface area contributed by atoms with E-state index < -0.39 is 0 Å². The summed E-state index contributed by atoms with van der Waals surface area (Å²) in [4.78, 5) is 4.59. The molecule has 0 fully saturated rings. The minimum atomic E-state index is 1.03. The summed E-state index contributed by atoms with van der Waals surface area (Å²) in [6.07, 6.45) is 1.94. The largest absolute Gasteiger partial charge is 0.256 e. The Labute approximate surface area is 113 Å². The Hall–Kier alpha value is -2.41. The van der Waals surface area contributed by atoms with E-state index in [-0.39, 0.29) is 0 Å². The van der Waals surface area contributed by atoms with Crippen molar-refractivity contribution in [3.63, 3.8) is 0 Å². The van der Waals surface area contributed by atoms with E-state index in [0.29, 0.717) is 0 Å². The number of hydrogen-bond donors (Lipinski definition) is 0. The Morgan fingerprint density at radius 2 is 1.42 bits per heavy atom. The Bertz CT molecular complexity index is 670. The second-order valence-electron chi connectivity index (χ2n) is 4.61. The zero-order valence-corrected chi connectivity index (χ0v) is 10.9. The fourth-order valence-electron chi connectivity index (χ4n) is 2.21. The van der Waals surface area contributed by atoms with Crippen molar-refractivity contribution in [2.24, 2.45) is 0 Å². The molecule has 1 aromatic heterocycles. The number of aromatic nitrogens is 1. The number of aryl methyl sites for hydroxylation is 1. The summed E-state index contributed by atoms with van der Waals surface area (Å²) in [5, 5.41) is 0. The molecule has 0 spiro atoms. The Balaban J connectivity index is 1.98. The maximum absolute atomic E-state index is 4.59. The highest BCUT2D eigenvalue weighted by atomic mass is 14.7. The third-order valence-corrected chi connectivity index (χ3v) is 3.29. The SMILES string of the molecule is Cc1ccccc1-c1ccc(-c2ccccc2)cn1. The van der Waals surface area contributed by atoms with Crippen LogP contribution in [0.1, 0.15) is 5.56 Å². The Morgan fingerprint density at radius 1 is 0.684 bits per heavy atom. The van der Waals surface area contributed by atoms with Gasteiger partial charge >= 0.3 is 0 Å². The molecule has 0 aliphatic rings. The second kappa shape index (κ2) is 5.07. The molecule has 0 bridgehead atoms. The molecule has 1 nitrogen and oxygen atoms in total. The fourth-order valence-corrected chi connectivity index (χ4v) is 2.21. The van der Waals surface area contributed by atoms with E-state index in [9.17, 15) is 0 Å². The smallest absolute Gasteiger partial charge is 0.0705 e. The maximum atomic E-state index is 4.59. The van der Waals surface area contributed by atoms with Crippen LogP contribution in [0.5, 0.6) is 0 Å². The first-order valence-corrected chi connectivity index (χ1v) is 6.42. The number of benzene rings is 2. The predicted molar refractivity (Wildman–Crippen MR) is 79.8 cm³/mol. The van der Waals surface area contributed by atoms with Crippen LogP contribution in [0, 0.1) is 6.92 Å². The Morgan fingerprint density at radius 3 is 2.11 bits per heavy atom. The van der Waals surface area contributed by atoms with E-state index in [1.54, 1.807) is 0 Å². The van der Waals surface area contributed by atoms with Gasteiger partial charge in [-0.05, 0) is 24.1 Å². The molecule has 1 heteroatoms. The lowest BCUT2D eigenvalue weighted by molar-refractivity contribution is 1.31. The molecule has 0 unspecified atom stereocenters. The highest BCUT2D eigenvalue weighted by molar-refractivity contribution is 5.68. The van der Waals surface area contributed by atoms with Crippen molar-refractivity contribution in [1.82, 2.24) is 4.98 Å². The van der Waals surface area contributed by atoms with Crippen molar-refractivity contribution in [2.45, 2.75) is 6.92 Å². The average Bonchev–Trinajstić information content (AvgIpc) is 2.49. The molecule has 0 amide bonds. The summed E-state index contributed by atoms with van der Waals surface area (Å²) in [7, 11) is 0. The summed E-state index contributed by atoms with van der Waals surface area (Å²) in [5.74, 6) is 0. The molecule has 2 aromatic carbocycles. The first-order chi connectivity index (χ1) is 9.34. The number of pyridine rings is 1. The molecule has 19 heavy (non-hydrogen) atoms. The summed E-state index contributed by atoms with van der Waals surface area (Å²) >= 11 is 0. The van der Waals surface area contributed by atoms with Gasteiger partial charge in [0.1, 0.15) is 0 Å². The first kappa shape index (κ1) is 11.7. The van der Waals surface area contributed by atoms with Crippen molar-refractivity contribution in [2.75, 3.05) is 0 Å². The van der Waals surface area contributed by atoms with Gasteiger partial charge in [0.15, 0.2) is 0 Å². The lowest BCUT2D eigenvalue weighted by atomic mass is 10.0. The number of hydrogen-bond acceptors (Lipinski definition) is 1. The molecule has 0 atom stereocenters. The number of rotatable bonds is 2. The van der Waals surface area contributed by atoms with Crippen molar-refractivity contribution in [1.29, 1.82) is 0 Å². The van der Waals surface area contributed by atoms with Crippen LogP contribution in [0.15, 0.2) is 72.9 Å². The highest BCUT2D eigenvalue weighted by Crippen LogP contribution is 2.24. The minimum Gasteiger partial charge on any atom is -0.256 e. The maximum Gasteiger partial charge on any atom is 0.0705 e. The van der Waals surface area contributed by atoms with Gasteiger partial charge in [-0.2, -0.15) is 0 Å². The first-order valence-electron chi connectivity index (χ1n) is 6.42. The van der Waals surface area contributed by atoms with Gasteiger partial charge in [-0.3, -0.25) is 4.98 Å². The van der Waals surface area contributed by atoms with Crippen molar-refractivity contribution < 1.29 is 0 Å². The molecule has 3 aromatic rings. The summed E-state index contributed by atoms with van der Waals surface area (Å²) in [6, 6.07) is 22.9. The van der Waals surface area contributed by atoms with Crippen molar-refractivity contribution in [3.05, 3.63) is 78.5 Å². The molecule has 0 radical (unpaired) electrons.